The van der Waals surface area contributed by atoms with Crippen molar-refractivity contribution in [1.82, 2.24) is 9.97 Å². The molecular formula is C5H3N5O2. The number of ether oxygens (including phenoxy) is 1. The van der Waals surface area contributed by atoms with Gasteiger partial charge in [0.25, 0.3) is 0 Å². The minimum Gasteiger partial charge on any atom is -0.418 e. The predicted octanol–water partition coefficient (Wildman–Crippen LogP) is 1.29. The number of azide groups is 1. The van der Waals surface area contributed by atoms with Gasteiger partial charge in [-0.1, -0.05) is 0 Å². The second kappa shape index (κ2) is 3.89. The van der Waals surface area contributed by atoms with E-state index in [0.29, 0.717) is 0 Å². The Hall–Kier alpha value is -2.14. The van der Waals surface area contributed by atoms with Crippen LogP contribution in [0.4, 0.5) is 4.79 Å². The number of carbonyl (C=O) groups excluding carboxylic acids is 1. The Labute approximate surface area is 66.6 Å². The zero-order valence-electron chi connectivity index (χ0n) is 5.78. The van der Waals surface area contributed by atoms with Crippen LogP contribution in [0.25, 0.3) is 10.4 Å². The quantitative estimate of drug-likeness (QED) is 0.355. The molecule has 0 saturated carbocycles. The lowest BCUT2D eigenvalue weighted by Gasteiger charge is -1.95. The van der Waals surface area contributed by atoms with Crippen molar-refractivity contribution in [2.24, 2.45) is 5.11 Å². The highest BCUT2D eigenvalue weighted by Crippen LogP contribution is 2.04. The summed E-state index contributed by atoms with van der Waals surface area (Å²) < 4.78 is 4.47. The van der Waals surface area contributed by atoms with Crippen LogP contribution in [-0.2, 0) is 0 Å². The van der Waals surface area contributed by atoms with Crippen molar-refractivity contribution in [3.8, 4) is 5.75 Å². The van der Waals surface area contributed by atoms with Crippen molar-refractivity contribution in [2.45, 2.75) is 0 Å². The van der Waals surface area contributed by atoms with Gasteiger partial charge < -0.3 is 4.74 Å². The fraction of sp³-hybridized carbons (Fsp3) is 0. The molecule has 0 bridgehead atoms. The molecule has 0 aliphatic heterocycles. The third kappa shape index (κ3) is 2.24. The summed E-state index contributed by atoms with van der Waals surface area (Å²) in [6.45, 7) is 0. The van der Waals surface area contributed by atoms with Crippen LogP contribution in [0.2, 0.25) is 0 Å². The minimum absolute atomic E-state index is 0.134. The van der Waals surface area contributed by atoms with Gasteiger partial charge in [-0.25, -0.2) is 14.8 Å². The number of nitrogens with zero attached hydrogens (tertiary/aromatic N) is 5. The van der Waals surface area contributed by atoms with Crippen LogP contribution in [-0.4, -0.2) is 16.1 Å². The van der Waals surface area contributed by atoms with Crippen LogP contribution in [0.3, 0.4) is 0 Å². The summed E-state index contributed by atoms with van der Waals surface area (Å²) in [5, 5.41) is 2.68. The average Bonchev–Trinajstić information content (AvgIpc) is 2.06. The minimum atomic E-state index is -1.03. The van der Waals surface area contributed by atoms with Gasteiger partial charge in [-0.2, -0.15) is 0 Å². The molecule has 0 fully saturated rings. The topological polar surface area (TPSA) is 101 Å². The maximum absolute atomic E-state index is 10.5. The lowest BCUT2D eigenvalue weighted by atomic mass is 10.6. The molecular weight excluding hydrogens is 162 g/mol. The van der Waals surface area contributed by atoms with Gasteiger partial charge in [0.05, 0.1) is 12.4 Å². The molecule has 0 aromatic carbocycles. The Balaban J connectivity index is 2.64. The second-order valence-electron chi connectivity index (χ2n) is 1.63. The lowest BCUT2D eigenvalue weighted by molar-refractivity contribution is 0.210. The van der Waals surface area contributed by atoms with Crippen molar-refractivity contribution in [3.05, 3.63) is 29.2 Å². The molecule has 0 N–H and O–H groups in total. The van der Waals surface area contributed by atoms with Gasteiger partial charge in [0.15, 0.2) is 5.75 Å². The summed E-state index contributed by atoms with van der Waals surface area (Å²) in [6.07, 6.45) is 2.80. The largest absolute Gasteiger partial charge is 0.418 e. The average molecular weight is 165 g/mol. The van der Waals surface area contributed by atoms with E-state index in [2.05, 4.69) is 24.7 Å². The van der Waals surface area contributed by atoms with E-state index in [9.17, 15) is 4.79 Å². The van der Waals surface area contributed by atoms with Crippen LogP contribution in [0.15, 0.2) is 23.8 Å². The molecule has 7 nitrogen and oxygen atoms in total. The summed E-state index contributed by atoms with van der Waals surface area (Å²) in [5.41, 5.74) is 7.84. The second-order valence-corrected chi connectivity index (χ2v) is 1.63. The first-order valence-corrected chi connectivity index (χ1v) is 2.85. The smallest absolute Gasteiger partial charge is 0.402 e. The Morgan fingerprint density at radius 1 is 1.58 bits per heavy atom. The number of amides is 1. The first-order valence-electron chi connectivity index (χ1n) is 2.85. The third-order valence-electron chi connectivity index (χ3n) is 0.868. The molecule has 1 aromatic rings. The molecule has 12 heavy (non-hydrogen) atoms. The molecule has 7 heteroatoms. The van der Waals surface area contributed by atoms with Crippen LogP contribution in [0.5, 0.6) is 5.75 Å². The summed E-state index contributed by atoms with van der Waals surface area (Å²) in [5.74, 6) is 0.134. The summed E-state index contributed by atoms with van der Waals surface area (Å²) >= 11 is 0. The van der Waals surface area contributed by atoms with Crippen LogP contribution in [0.1, 0.15) is 0 Å². The van der Waals surface area contributed by atoms with Gasteiger partial charge in [0, 0.05) is 10.0 Å². The van der Waals surface area contributed by atoms with Crippen LogP contribution < -0.4 is 4.74 Å². The van der Waals surface area contributed by atoms with Crippen molar-refractivity contribution in [1.29, 1.82) is 0 Å². The van der Waals surface area contributed by atoms with E-state index in [1.165, 1.54) is 18.7 Å². The monoisotopic (exact) mass is 165 g/mol. The number of carbonyl (C=O) groups is 1. The van der Waals surface area contributed by atoms with E-state index < -0.39 is 6.09 Å². The van der Waals surface area contributed by atoms with E-state index in [1.807, 2.05) is 0 Å². The SMILES string of the molecule is [N-]=[N+]=NC(=O)Oc1cncnc1. The Bertz CT molecular complexity index is 318. The molecule has 1 aromatic heterocycles. The Kier molecular flexibility index (Phi) is 2.58. The standard InChI is InChI=1S/C5H3N5O2/c6-10-9-5(11)12-4-1-7-3-8-2-4/h1-3H. The van der Waals surface area contributed by atoms with Gasteiger partial charge >= 0.3 is 6.09 Å². The van der Waals surface area contributed by atoms with E-state index in [-0.39, 0.29) is 5.75 Å². The number of rotatable bonds is 1. The van der Waals surface area contributed by atoms with Gasteiger partial charge in [-0.05, 0) is 5.53 Å². The maximum Gasteiger partial charge on any atom is 0.402 e. The fourth-order valence-electron chi connectivity index (χ4n) is 0.496. The first-order chi connectivity index (χ1) is 5.83. The zero-order valence-corrected chi connectivity index (χ0v) is 5.78. The van der Waals surface area contributed by atoms with E-state index in [1.54, 1.807) is 0 Å². The molecule has 0 aliphatic carbocycles. The van der Waals surface area contributed by atoms with Crippen LogP contribution >= 0.6 is 0 Å². The molecule has 0 atom stereocenters. The highest BCUT2D eigenvalue weighted by atomic mass is 16.6. The van der Waals surface area contributed by atoms with E-state index in [4.69, 9.17) is 5.53 Å². The predicted molar refractivity (Wildman–Crippen MR) is 37.2 cm³/mol. The maximum atomic E-state index is 10.5. The summed E-state index contributed by atoms with van der Waals surface area (Å²) in [4.78, 5) is 19.9. The zero-order chi connectivity index (χ0) is 8.81. The van der Waals surface area contributed by atoms with Gasteiger partial charge in [-0.3, -0.25) is 0 Å². The summed E-state index contributed by atoms with van der Waals surface area (Å²) in [7, 11) is 0. The molecule has 1 amide bonds. The van der Waals surface area contributed by atoms with Crippen molar-refractivity contribution in [3.63, 3.8) is 0 Å². The number of hydrogen-bond acceptors (Lipinski definition) is 4. The molecule has 0 saturated heterocycles. The molecule has 0 unspecified atom stereocenters. The van der Waals surface area contributed by atoms with Crippen molar-refractivity contribution in [2.75, 3.05) is 0 Å². The molecule has 0 spiro atoms. The van der Waals surface area contributed by atoms with E-state index in [0.717, 1.165) is 0 Å². The van der Waals surface area contributed by atoms with Crippen molar-refractivity contribution < 1.29 is 9.53 Å². The molecule has 60 valence electrons. The third-order valence-corrected chi connectivity index (χ3v) is 0.868. The van der Waals surface area contributed by atoms with Gasteiger partial charge in [0.2, 0.25) is 0 Å². The van der Waals surface area contributed by atoms with Gasteiger partial charge in [0.1, 0.15) is 6.33 Å². The Morgan fingerprint density at radius 3 is 2.83 bits per heavy atom. The van der Waals surface area contributed by atoms with Crippen molar-refractivity contribution >= 4 is 6.09 Å². The van der Waals surface area contributed by atoms with E-state index >= 15 is 0 Å². The first kappa shape index (κ1) is 7.96. The molecule has 0 aliphatic rings. The molecule has 1 rings (SSSR count). The molecule has 0 radical (unpaired) electrons. The summed E-state index contributed by atoms with van der Waals surface area (Å²) in [6, 6.07) is 0. The lowest BCUT2D eigenvalue weighted by Crippen LogP contribution is -2.00. The number of hydrogen-bond donors (Lipinski definition) is 0. The van der Waals surface area contributed by atoms with Crippen LogP contribution in [0, 0.1) is 0 Å². The number of aromatic nitrogens is 2. The Morgan fingerprint density at radius 2 is 2.25 bits per heavy atom. The fourth-order valence-corrected chi connectivity index (χ4v) is 0.496. The highest BCUT2D eigenvalue weighted by Gasteiger charge is 1.99. The molecule has 1 heterocycles. The van der Waals surface area contributed by atoms with Gasteiger partial charge in [-0.15, -0.1) is 0 Å². The normalized spacial score (nSPS) is 8.33. The highest BCUT2D eigenvalue weighted by molar-refractivity contribution is 5.70.